The molecule has 0 amide bonds. The van der Waals surface area contributed by atoms with Crippen LogP contribution in [0.4, 0.5) is 0 Å². The third-order valence-electron chi connectivity index (χ3n) is 4.14. The topological polar surface area (TPSA) is 39.7 Å². The van der Waals surface area contributed by atoms with E-state index >= 15 is 0 Å². The van der Waals surface area contributed by atoms with Crippen molar-refractivity contribution in [2.45, 2.75) is 39.3 Å². The first kappa shape index (κ1) is 23.9. The number of thiophene rings is 1. The van der Waals surface area contributed by atoms with Crippen molar-refractivity contribution in [3.63, 3.8) is 0 Å². The van der Waals surface area contributed by atoms with Gasteiger partial charge in [0.05, 0.1) is 6.54 Å². The van der Waals surface area contributed by atoms with E-state index in [-0.39, 0.29) is 29.4 Å². The number of rotatable bonds is 8. The number of nitrogens with one attached hydrogen (secondary N) is 2. The minimum absolute atomic E-state index is 0. The number of guanidine groups is 1. The Hall–Kier alpha value is -1.12. The first-order chi connectivity index (χ1) is 12.4. The van der Waals surface area contributed by atoms with E-state index in [1.54, 1.807) is 0 Å². The molecule has 0 bridgehead atoms. The standard InChI is InChI=1S/C21H32N4S.HI/c1-6-22-20(24-16-21(2,3)19-11-8-12-26-19)23-14-17-9-7-10-18(13-17)15-25(4)5;/h7-13H,6,14-16H2,1-5H3,(H2,22,23,24);1H. The normalized spacial score (nSPS) is 12.0. The highest BCUT2D eigenvalue weighted by atomic mass is 127. The van der Waals surface area contributed by atoms with Gasteiger partial charge in [0.15, 0.2) is 5.96 Å². The Bertz CT molecular complexity index is 696. The number of aliphatic imine (C=N–C) groups is 1. The molecule has 0 saturated carbocycles. The largest absolute Gasteiger partial charge is 0.357 e. The van der Waals surface area contributed by atoms with Crippen LogP contribution in [0.3, 0.4) is 0 Å². The van der Waals surface area contributed by atoms with Crippen molar-refractivity contribution < 1.29 is 0 Å². The Balaban J connectivity index is 0.00000364. The Kier molecular flexibility index (Phi) is 10.3. The Morgan fingerprint density at radius 3 is 2.48 bits per heavy atom. The van der Waals surface area contributed by atoms with E-state index in [1.807, 2.05) is 11.3 Å². The Morgan fingerprint density at radius 2 is 1.85 bits per heavy atom. The highest BCUT2D eigenvalue weighted by Gasteiger charge is 2.21. The highest BCUT2D eigenvalue weighted by molar-refractivity contribution is 14.0. The third kappa shape index (κ3) is 8.19. The van der Waals surface area contributed by atoms with Gasteiger partial charge in [0.2, 0.25) is 0 Å². The van der Waals surface area contributed by atoms with Crippen molar-refractivity contribution in [3.8, 4) is 0 Å². The number of benzene rings is 1. The van der Waals surface area contributed by atoms with Gasteiger partial charge >= 0.3 is 0 Å². The zero-order valence-electron chi connectivity index (χ0n) is 17.1. The van der Waals surface area contributed by atoms with Crippen molar-refractivity contribution in [2.24, 2.45) is 4.99 Å². The van der Waals surface area contributed by atoms with Crippen LogP contribution < -0.4 is 10.6 Å². The smallest absolute Gasteiger partial charge is 0.191 e. The lowest BCUT2D eigenvalue weighted by molar-refractivity contribution is 0.402. The lowest BCUT2D eigenvalue weighted by Gasteiger charge is -2.25. The molecule has 0 saturated heterocycles. The zero-order valence-corrected chi connectivity index (χ0v) is 20.2. The third-order valence-corrected chi connectivity index (χ3v) is 5.38. The summed E-state index contributed by atoms with van der Waals surface area (Å²) in [6.07, 6.45) is 0. The fourth-order valence-corrected chi connectivity index (χ4v) is 3.61. The van der Waals surface area contributed by atoms with Crippen molar-refractivity contribution >= 4 is 41.3 Å². The van der Waals surface area contributed by atoms with Crippen molar-refractivity contribution in [1.82, 2.24) is 15.5 Å². The Morgan fingerprint density at radius 1 is 1.11 bits per heavy atom. The van der Waals surface area contributed by atoms with E-state index in [1.165, 1.54) is 16.0 Å². The van der Waals surface area contributed by atoms with Crippen LogP contribution in [0.15, 0.2) is 46.8 Å². The summed E-state index contributed by atoms with van der Waals surface area (Å²) in [6, 6.07) is 13.0. The fraction of sp³-hybridized carbons (Fsp3) is 0.476. The van der Waals surface area contributed by atoms with Crippen molar-refractivity contribution in [3.05, 3.63) is 57.8 Å². The number of hydrogen-bond donors (Lipinski definition) is 2. The molecule has 0 aliphatic rings. The maximum atomic E-state index is 4.77. The van der Waals surface area contributed by atoms with E-state index in [0.717, 1.165) is 25.6 Å². The monoisotopic (exact) mass is 500 g/mol. The second kappa shape index (κ2) is 11.7. The summed E-state index contributed by atoms with van der Waals surface area (Å²) in [5.41, 5.74) is 2.63. The molecule has 0 aliphatic carbocycles. The average molecular weight is 500 g/mol. The van der Waals surface area contributed by atoms with Gasteiger partial charge in [0.1, 0.15) is 0 Å². The fourth-order valence-electron chi connectivity index (χ4n) is 2.76. The SMILES string of the molecule is CCNC(=NCc1cccc(CN(C)C)c1)NCC(C)(C)c1cccs1.I. The van der Waals surface area contributed by atoms with E-state index < -0.39 is 0 Å². The van der Waals surface area contributed by atoms with Crippen molar-refractivity contribution in [2.75, 3.05) is 27.2 Å². The molecule has 2 N–H and O–H groups in total. The van der Waals surface area contributed by atoms with Gasteiger partial charge in [-0.25, -0.2) is 4.99 Å². The first-order valence-corrected chi connectivity index (χ1v) is 10.1. The molecule has 0 radical (unpaired) electrons. The van der Waals surface area contributed by atoms with Crippen LogP contribution in [0, 0.1) is 0 Å². The van der Waals surface area contributed by atoms with Crippen LogP contribution in [0.2, 0.25) is 0 Å². The highest BCUT2D eigenvalue weighted by Crippen LogP contribution is 2.26. The van der Waals surface area contributed by atoms with Crippen LogP contribution in [0.25, 0.3) is 0 Å². The van der Waals surface area contributed by atoms with E-state index in [0.29, 0.717) is 6.54 Å². The first-order valence-electron chi connectivity index (χ1n) is 9.19. The van der Waals surface area contributed by atoms with E-state index in [4.69, 9.17) is 4.99 Å². The lowest BCUT2D eigenvalue weighted by Crippen LogP contribution is -2.43. The molecule has 1 heterocycles. The lowest BCUT2D eigenvalue weighted by atomic mass is 9.91. The molecule has 4 nitrogen and oxygen atoms in total. The molecular formula is C21H33IN4S. The minimum atomic E-state index is 0. The predicted octanol–water partition coefficient (Wildman–Crippen LogP) is 4.46. The predicted molar refractivity (Wildman–Crippen MR) is 129 cm³/mol. The van der Waals surface area contributed by atoms with E-state index in [2.05, 4.69) is 92.2 Å². The van der Waals surface area contributed by atoms with Crippen LogP contribution in [0.1, 0.15) is 36.8 Å². The maximum Gasteiger partial charge on any atom is 0.191 e. The summed E-state index contributed by atoms with van der Waals surface area (Å²) >= 11 is 1.81. The molecule has 0 unspecified atom stereocenters. The summed E-state index contributed by atoms with van der Waals surface area (Å²) in [6.45, 7) is 9.95. The van der Waals surface area contributed by atoms with Crippen LogP contribution in [-0.2, 0) is 18.5 Å². The van der Waals surface area contributed by atoms with Gasteiger partial charge in [-0.05, 0) is 43.6 Å². The molecule has 0 atom stereocenters. The summed E-state index contributed by atoms with van der Waals surface area (Å²) in [5.74, 6) is 0.871. The molecule has 0 fully saturated rings. The second-order valence-corrected chi connectivity index (χ2v) is 8.42. The van der Waals surface area contributed by atoms with Gasteiger partial charge < -0.3 is 15.5 Å². The molecule has 6 heteroatoms. The maximum absolute atomic E-state index is 4.77. The van der Waals surface area contributed by atoms with E-state index in [9.17, 15) is 0 Å². The van der Waals surface area contributed by atoms with Gasteiger partial charge in [-0.1, -0.05) is 44.2 Å². The average Bonchev–Trinajstić information content (AvgIpc) is 3.13. The number of nitrogens with zero attached hydrogens (tertiary/aromatic N) is 2. The molecule has 2 aromatic rings. The van der Waals surface area contributed by atoms with Gasteiger partial charge in [-0.3, -0.25) is 0 Å². The molecule has 0 spiro atoms. The summed E-state index contributed by atoms with van der Waals surface area (Å²) < 4.78 is 0. The molecule has 1 aromatic carbocycles. The zero-order chi connectivity index (χ0) is 19.0. The van der Waals surface area contributed by atoms with Crippen molar-refractivity contribution in [1.29, 1.82) is 0 Å². The number of hydrogen-bond acceptors (Lipinski definition) is 3. The Labute approximate surface area is 185 Å². The molecule has 27 heavy (non-hydrogen) atoms. The van der Waals surface area contributed by atoms with Crippen LogP contribution in [0.5, 0.6) is 0 Å². The summed E-state index contributed by atoms with van der Waals surface area (Å²) in [5, 5.41) is 8.99. The summed E-state index contributed by atoms with van der Waals surface area (Å²) in [7, 11) is 4.18. The van der Waals surface area contributed by atoms with Gasteiger partial charge in [0.25, 0.3) is 0 Å². The summed E-state index contributed by atoms with van der Waals surface area (Å²) in [4.78, 5) is 8.34. The molecule has 1 aromatic heterocycles. The van der Waals surface area contributed by atoms with Gasteiger partial charge in [-0.15, -0.1) is 35.3 Å². The van der Waals surface area contributed by atoms with Gasteiger partial charge in [-0.2, -0.15) is 0 Å². The second-order valence-electron chi connectivity index (χ2n) is 7.47. The molecule has 2 rings (SSSR count). The van der Waals surface area contributed by atoms with Gasteiger partial charge in [0, 0.05) is 29.9 Å². The van der Waals surface area contributed by atoms with Crippen LogP contribution >= 0.6 is 35.3 Å². The molecule has 0 aliphatic heterocycles. The minimum Gasteiger partial charge on any atom is -0.357 e. The molecular weight excluding hydrogens is 467 g/mol. The van der Waals surface area contributed by atoms with Crippen LogP contribution in [-0.4, -0.2) is 38.0 Å². The quantitative estimate of drug-likeness (QED) is 0.320. The number of halogens is 1. The molecule has 150 valence electrons.